The Labute approximate surface area is 116 Å². The zero-order chi connectivity index (χ0) is 13.8. The molecule has 0 amide bonds. The number of piperidine rings is 1. The summed E-state index contributed by atoms with van der Waals surface area (Å²) in [7, 11) is 4.28. The summed E-state index contributed by atoms with van der Waals surface area (Å²) in [5, 5.41) is 0. The highest BCUT2D eigenvalue weighted by atomic mass is 15.3. The third-order valence-electron chi connectivity index (χ3n) is 3.76. The van der Waals surface area contributed by atoms with E-state index in [1.165, 1.54) is 25.7 Å². The van der Waals surface area contributed by atoms with Crippen molar-refractivity contribution in [2.24, 2.45) is 0 Å². The van der Waals surface area contributed by atoms with E-state index in [-0.39, 0.29) is 0 Å². The molecule has 0 radical (unpaired) electrons. The molecule has 1 aromatic rings. The molecule has 2 heterocycles. The van der Waals surface area contributed by atoms with Crippen LogP contribution in [-0.2, 0) is 0 Å². The molecule has 1 aliphatic heterocycles. The standard InChI is InChI=1S/C15H26N4/c1-12-11-13(2)17-15(16-12)19-9-6-5-7-14(19)8-10-18(3)4/h11,14H,5-10H2,1-4H3. The van der Waals surface area contributed by atoms with E-state index in [1.54, 1.807) is 0 Å². The predicted molar refractivity (Wildman–Crippen MR) is 79.7 cm³/mol. The minimum atomic E-state index is 0.595. The van der Waals surface area contributed by atoms with Crippen LogP contribution in [0.4, 0.5) is 5.95 Å². The number of anilines is 1. The van der Waals surface area contributed by atoms with Gasteiger partial charge in [0.2, 0.25) is 5.95 Å². The minimum Gasteiger partial charge on any atom is -0.338 e. The normalized spacial score (nSPS) is 20.1. The highest BCUT2D eigenvalue weighted by molar-refractivity contribution is 5.34. The Hall–Kier alpha value is -1.16. The Morgan fingerprint density at radius 1 is 1.21 bits per heavy atom. The van der Waals surface area contributed by atoms with Crippen LogP contribution in [0, 0.1) is 13.8 Å². The molecule has 1 atom stereocenters. The molecule has 1 aromatic heterocycles. The van der Waals surface area contributed by atoms with Crippen molar-refractivity contribution in [3.8, 4) is 0 Å². The second kappa shape index (κ2) is 6.33. The lowest BCUT2D eigenvalue weighted by molar-refractivity contribution is 0.346. The maximum atomic E-state index is 4.64. The molecule has 0 saturated carbocycles. The smallest absolute Gasteiger partial charge is 0.226 e. The van der Waals surface area contributed by atoms with Gasteiger partial charge in [-0.05, 0) is 66.2 Å². The molecule has 1 fully saturated rings. The van der Waals surface area contributed by atoms with Crippen LogP contribution in [0.5, 0.6) is 0 Å². The maximum Gasteiger partial charge on any atom is 0.226 e. The fourth-order valence-corrected chi connectivity index (χ4v) is 2.81. The predicted octanol–water partition coefficient (Wildman–Crippen LogP) is 2.40. The molecule has 4 heteroatoms. The first kappa shape index (κ1) is 14.3. The Balaban J connectivity index is 2.13. The van der Waals surface area contributed by atoms with Gasteiger partial charge in [0.05, 0.1) is 0 Å². The molecule has 4 nitrogen and oxygen atoms in total. The fourth-order valence-electron chi connectivity index (χ4n) is 2.81. The Kier molecular flexibility index (Phi) is 4.75. The highest BCUT2D eigenvalue weighted by Crippen LogP contribution is 2.24. The van der Waals surface area contributed by atoms with E-state index >= 15 is 0 Å². The van der Waals surface area contributed by atoms with Crippen molar-refractivity contribution < 1.29 is 0 Å². The van der Waals surface area contributed by atoms with Gasteiger partial charge in [0, 0.05) is 24.0 Å². The SMILES string of the molecule is Cc1cc(C)nc(N2CCCCC2CCN(C)C)n1. The van der Waals surface area contributed by atoms with Gasteiger partial charge < -0.3 is 9.80 Å². The zero-order valence-corrected chi connectivity index (χ0v) is 12.7. The Morgan fingerprint density at radius 2 is 1.89 bits per heavy atom. The van der Waals surface area contributed by atoms with Crippen LogP contribution in [-0.4, -0.2) is 48.1 Å². The van der Waals surface area contributed by atoms with Crippen molar-refractivity contribution >= 4 is 5.95 Å². The first-order valence-electron chi connectivity index (χ1n) is 7.30. The summed E-state index contributed by atoms with van der Waals surface area (Å²) < 4.78 is 0. The second-order valence-electron chi connectivity index (χ2n) is 5.89. The van der Waals surface area contributed by atoms with Crippen LogP contribution in [0.25, 0.3) is 0 Å². The molecule has 0 N–H and O–H groups in total. The lowest BCUT2D eigenvalue weighted by Gasteiger charge is -2.36. The second-order valence-corrected chi connectivity index (χ2v) is 5.89. The van der Waals surface area contributed by atoms with E-state index in [2.05, 4.69) is 47.7 Å². The summed E-state index contributed by atoms with van der Waals surface area (Å²) in [6, 6.07) is 2.64. The van der Waals surface area contributed by atoms with E-state index in [4.69, 9.17) is 0 Å². The van der Waals surface area contributed by atoms with E-state index < -0.39 is 0 Å². The van der Waals surface area contributed by atoms with Crippen molar-refractivity contribution in [2.75, 3.05) is 32.1 Å². The van der Waals surface area contributed by atoms with Gasteiger partial charge in [-0.2, -0.15) is 0 Å². The van der Waals surface area contributed by atoms with Crippen LogP contribution < -0.4 is 4.90 Å². The van der Waals surface area contributed by atoms with Crippen LogP contribution in [0.2, 0.25) is 0 Å². The van der Waals surface area contributed by atoms with Gasteiger partial charge in [-0.1, -0.05) is 0 Å². The molecule has 19 heavy (non-hydrogen) atoms. The topological polar surface area (TPSA) is 32.3 Å². The average Bonchev–Trinajstić information content (AvgIpc) is 2.35. The minimum absolute atomic E-state index is 0.595. The monoisotopic (exact) mass is 262 g/mol. The third-order valence-corrected chi connectivity index (χ3v) is 3.76. The molecule has 1 saturated heterocycles. The maximum absolute atomic E-state index is 4.64. The Bertz CT molecular complexity index is 396. The molecular weight excluding hydrogens is 236 g/mol. The van der Waals surface area contributed by atoms with Crippen LogP contribution in [0.3, 0.4) is 0 Å². The number of rotatable bonds is 4. The van der Waals surface area contributed by atoms with Gasteiger partial charge in [0.1, 0.15) is 0 Å². The van der Waals surface area contributed by atoms with Crippen molar-refractivity contribution in [1.29, 1.82) is 0 Å². The molecule has 0 aliphatic carbocycles. The average molecular weight is 262 g/mol. The molecule has 106 valence electrons. The number of hydrogen-bond acceptors (Lipinski definition) is 4. The quantitative estimate of drug-likeness (QED) is 0.834. The number of aryl methyl sites for hydroxylation is 2. The molecule has 2 rings (SSSR count). The van der Waals surface area contributed by atoms with Gasteiger partial charge in [-0.25, -0.2) is 9.97 Å². The highest BCUT2D eigenvalue weighted by Gasteiger charge is 2.24. The van der Waals surface area contributed by atoms with Crippen molar-refractivity contribution in [3.05, 3.63) is 17.5 Å². The fraction of sp³-hybridized carbons (Fsp3) is 0.733. The number of hydrogen-bond donors (Lipinski definition) is 0. The first-order chi connectivity index (χ1) is 9.06. The van der Waals surface area contributed by atoms with Gasteiger partial charge in [0.15, 0.2) is 0 Å². The Morgan fingerprint density at radius 3 is 2.53 bits per heavy atom. The molecular formula is C15H26N4. The van der Waals surface area contributed by atoms with E-state index in [0.717, 1.165) is 30.4 Å². The zero-order valence-electron chi connectivity index (χ0n) is 12.7. The molecule has 0 spiro atoms. The largest absolute Gasteiger partial charge is 0.338 e. The summed E-state index contributed by atoms with van der Waals surface area (Å²) in [6.07, 6.45) is 5.06. The summed E-state index contributed by atoms with van der Waals surface area (Å²) in [4.78, 5) is 14.0. The van der Waals surface area contributed by atoms with Crippen molar-refractivity contribution in [1.82, 2.24) is 14.9 Å². The summed E-state index contributed by atoms with van der Waals surface area (Å²) in [6.45, 7) is 6.33. The van der Waals surface area contributed by atoms with Crippen LogP contribution in [0.1, 0.15) is 37.1 Å². The lowest BCUT2D eigenvalue weighted by atomic mass is 9.99. The first-order valence-corrected chi connectivity index (χ1v) is 7.30. The van der Waals surface area contributed by atoms with Gasteiger partial charge in [0.25, 0.3) is 0 Å². The molecule has 1 aliphatic rings. The van der Waals surface area contributed by atoms with E-state index in [0.29, 0.717) is 6.04 Å². The summed E-state index contributed by atoms with van der Waals surface area (Å²) >= 11 is 0. The molecule has 0 bridgehead atoms. The van der Waals surface area contributed by atoms with Gasteiger partial charge in [-0.3, -0.25) is 0 Å². The van der Waals surface area contributed by atoms with E-state index in [9.17, 15) is 0 Å². The lowest BCUT2D eigenvalue weighted by Crippen LogP contribution is -2.42. The van der Waals surface area contributed by atoms with Gasteiger partial charge >= 0.3 is 0 Å². The molecule has 1 unspecified atom stereocenters. The van der Waals surface area contributed by atoms with Crippen LogP contribution in [0.15, 0.2) is 6.07 Å². The third kappa shape index (κ3) is 3.90. The van der Waals surface area contributed by atoms with Crippen LogP contribution >= 0.6 is 0 Å². The van der Waals surface area contributed by atoms with Crippen molar-refractivity contribution in [3.63, 3.8) is 0 Å². The molecule has 0 aromatic carbocycles. The van der Waals surface area contributed by atoms with Gasteiger partial charge in [-0.15, -0.1) is 0 Å². The summed E-state index contributed by atoms with van der Waals surface area (Å²) in [5.41, 5.74) is 2.14. The summed E-state index contributed by atoms with van der Waals surface area (Å²) in [5.74, 6) is 0.931. The number of aromatic nitrogens is 2. The van der Waals surface area contributed by atoms with E-state index in [1.807, 2.05) is 6.07 Å². The number of nitrogens with zero attached hydrogens (tertiary/aromatic N) is 4. The van der Waals surface area contributed by atoms with Crippen molar-refractivity contribution in [2.45, 2.75) is 45.6 Å².